The van der Waals surface area contributed by atoms with E-state index < -0.39 is 0 Å². The summed E-state index contributed by atoms with van der Waals surface area (Å²) < 4.78 is 10.2. The summed E-state index contributed by atoms with van der Waals surface area (Å²) in [6.07, 6.45) is 1.51. The number of hydrogen-bond donors (Lipinski definition) is 2. The summed E-state index contributed by atoms with van der Waals surface area (Å²) in [5, 5.41) is 6.44. The quantitative estimate of drug-likeness (QED) is 0.642. The molecule has 0 saturated heterocycles. The van der Waals surface area contributed by atoms with Crippen LogP contribution in [0.3, 0.4) is 0 Å². The zero-order valence-electron chi connectivity index (χ0n) is 14.8. The van der Waals surface area contributed by atoms with Crippen molar-refractivity contribution in [3.63, 3.8) is 0 Å². The van der Waals surface area contributed by atoms with Crippen LogP contribution in [0.4, 0.5) is 17.2 Å². The zero-order chi connectivity index (χ0) is 19.2. The van der Waals surface area contributed by atoms with Crippen molar-refractivity contribution in [3.8, 4) is 11.5 Å². The zero-order valence-corrected chi connectivity index (χ0v) is 15.6. The molecule has 0 radical (unpaired) electrons. The number of nitrogens with zero attached hydrogens (tertiary/aromatic N) is 1. The van der Waals surface area contributed by atoms with E-state index in [1.165, 1.54) is 6.20 Å². The number of pyridine rings is 1. The Morgan fingerprint density at radius 2 is 1.70 bits per heavy atom. The number of benzene rings is 2. The summed E-state index contributed by atoms with van der Waals surface area (Å²) in [6, 6.07) is 15.9. The molecule has 2 aromatic carbocycles. The van der Waals surface area contributed by atoms with Crippen LogP contribution in [0.1, 0.15) is 10.4 Å². The van der Waals surface area contributed by atoms with Gasteiger partial charge in [0.15, 0.2) is 0 Å². The van der Waals surface area contributed by atoms with E-state index in [0.717, 1.165) is 11.4 Å². The number of aromatic nitrogens is 1. The lowest BCUT2D eigenvalue weighted by Crippen LogP contribution is -2.12. The molecule has 1 aromatic heterocycles. The number of anilines is 3. The van der Waals surface area contributed by atoms with E-state index in [1.807, 2.05) is 6.07 Å². The second-order valence-corrected chi connectivity index (χ2v) is 6.00. The van der Waals surface area contributed by atoms with Gasteiger partial charge in [-0.1, -0.05) is 11.6 Å². The number of ether oxygens (including phenoxy) is 2. The van der Waals surface area contributed by atoms with Crippen molar-refractivity contribution in [2.75, 3.05) is 24.9 Å². The van der Waals surface area contributed by atoms with E-state index >= 15 is 0 Å². The highest BCUT2D eigenvalue weighted by molar-refractivity contribution is 6.32. The van der Waals surface area contributed by atoms with E-state index in [4.69, 9.17) is 21.1 Å². The minimum atomic E-state index is -0.244. The average molecular weight is 384 g/mol. The number of hydrogen-bond acceptors (Lipinski definition) is 5. The molecular formula is C20H18ClN3O3. The highest BCUT2D eigenvalue weighted by Crippen LogP contribution is 2.28. The van der Waals surface area contributed by atoms with E-state index in [0.29, 0.717) is 27.8 Å². The lowest BCUT2D eigenvalue weighted by molar-refractivity contribution is 0.102. The number of carbonyl (C=O) groups excluding carboxylic acids is 1. The van der Waals surface area contributed by atoms with Gasteiger partial charge in [-0.25, -0.2) is 4.98 Å². The third-order valence-corrected chi connectivity index (χ3v) is 4.09. The standard InChI is InChI=1S/C20H18ClN3O3/c1-26-16-7-4-14(5-8-16)24-20(25)13-3-10-19(22-12-13)23-15-6-9-18(27-2)17(21)11-15/h3-12H,1-2H3,(H,22,23)(H,24,25). The van der Waals surface area contributed by atoms with Gasteiger partial charge in [-0.15, -0.1) is 0 Å². The van der Waals surface area contributed by atoms with Crippen molar-refractivity contribution in [3.05, 3.63) is 71.4 Å². The van der Waals surface area contributed by atoms with Crippen LogP contribution in [0.5, 0.6) is 11.5 Å². The first-order chi connectivity index (χ1) is 13.1. The second-order valence-electron chi connectivity index (χ2n) is 5.59. The Bertz CT molecular complexity index is 928. The summed E-state index contributed by atoms with van der Waals surface area (Å²) in [5.74, 6) is 1.67. The first-order valence-electron chi connectivity index (χ1n) is 8.11. The minimum Gasteiger partial charge on any atom is -0.497 e. The fourth-order valence-electron chi connectivity index (χ4n) is 2.37. The Balaban J connectivity index is 1.65. The molecule has 0 aliphatic carbocycles. The van der Waals surface area contributed by atoms with Gasteiger partial charge in [0.05, 0.1) is 24.8 Å². The Labute approximate surface area is 162 Å². The van der Waals surface area contributed by atoms with Crippen LogP contribution in [0, 0.1) is 0 Å². The molecule has 0 unspecified atom stereocenters. The number of carbonyl (C=O) groups is 1. The van der Waals surface area contributed by atoms with Gasteiger partial charge in [-0.05, 0) is 54.6 Å². The van der Waals surface area contributed by atoms with Crippen LogP contribution >= 0.6 is 11.6 Å². The lowest BCUT2D eigenvalue weighted by atomic mass is 10.2. The maximum atomic E-state index is 12.3. The van der Waals surface area contributed by atoms with E-state index in [9.17, 15) is 4.79 Å². The molecule has 0 atom stereocenters. The maximum Gasteiger partial charge on any atom is 0.257 e. The molecule has 2 N–H and O–H groups in total. The van der Waals surface area contributed by atoms with Gasteiger partial charge in [0.1, 0.15) is 17.3 Å². The fourth-order valence-corrected chi connectivity index (χ4v) is 2.63. The van der Waals surface area contributed by atoms with Crippen LogP contribution in [-0.2, 0) is 0 Å². The van der Waals surface area contributed by atoms with E-state index in [1.54, 1.807) is 62.8 Å². The molecule has 3 rings (SSSR count). The first kappa shape index (κ1) is 18.5. The minimum absolute atomic E-state index is 0.244. The summed E-state index contributed by atoms with van der Waals surface area (Å²) >= 11 is 6.11. The van der Waals surface area contributed by atoms with Crippen molar-refractivity contribution in [1.29, 1.82) is 0 Å². The molecule has 138 valence electrons. The Morgan fingerprint density at radius 3 is 2.30 bits per heavy atom. The van der Waals surface area contributed by atoms with Crippen molar-refractivity contribution in [2.45, 2.75) is 0 Å². The molecule has 6 nitrogen and oxygen atoms in total. The smallest absolute Gasteiger partial charge is 0.257 e. The second kappa shape index (κ2) is 8.42. The number of rotatable bonds is 6. The molecule has 0 saturated carbocycles. The van der Waals surface area contributed by atoms with Crippen LogP contribution in [0.25, 0.3) is 0 Å². The van der Waals surface area contributed by atoms with Crippen molar-refractivity contribution < 1.29 is 14.3 Å². The van der Waals surface area contributed by atoms with Gasteiger partial charge >= 0.3 is 0 Å². The molecule has 3 aromatic rings. The van der Waals surface area contributed by atoms with E-state index in [-0.39, 0.29) is 5.91 Å². The number of methoxy groups -OCH3 is 2. The highest BCUT2D eigenvalue weighted by Gasteiger charge is 2.08. The Morgan fingerprint density at radius 1 is 0.963 bits per heavy atom. The molecule has 1 heterocycles. The van der Waals surface area contributed by atoms with Crippen molar-refractivity contribution in [1.82, 2.24) is 4.98 Å². The third-order valence-electron chi connectivity index (χ3n) is 3.80. The molecular weight excluding hydrogens is 366 g/mol. The van der Waals surface area contributed by atoms with Gasteiger partial charge in [0.2, 0.25) is 0 Å². The largest absolute Gasteiger partial charge is 0.497 e. The van der Waals surface area contributed by atoms with Crippen molar-refractivity contribution >= 4 is 34.7 Å². The van der Waals surface area contributed by atoms with Gasteiger partial charge in [-0.3, -0.25) is 4.79 Å². The summed E-state index contributed by atoms with van der Waals surface area (Å²) in [4.78, 5) is 16.6. The monoisotopic (exact) mass is 383 g/mol. The molecule has 0 fully saturated rings. The van der Waals surface area contributed by atoms with Gasteiger partial charge < -0.3 is 20.1 Å². The Kier molecular flexibility index (Phi) is 5.78. The number of halogens is 1. The third kappa shape index (κ3) is 4.68. The van der Waals surface area contributed by atoms with Crippen LogP contribution in [0.15, 0.2) is 60.8 Å². The number of nitrogens with one attached hydrogen (secondary N) is 2. The number of amides is 1. The van der Waals surface area contributed by atoms with Gasteiger partial charge in [-0.2, -0.15) is 0 Å². The first-order valence-corrected chi connectivity index (χ1v) is 8.49. The summed E-state index contributed by atoms with van der Waals surface area (Å²) in [5.41, 5.74) is 1.89. The molecule has 0 aliphatic heterocycles. The van der Waals surface area contributed by atoms with Crippen molar-refractivity contribution in [2.24, 2.45) is 0 Å². The Hall–Kier alpha value is -3.25. The maximum absolute atomic E-state index is 12.3. The van der Waals surface area contributed by atoms with Crippen LogP contribution < -0.4 is 20.1 Å². The summed E-state index contributed by atoms with van der Waals surface area (Å²) in [7, 11) is 3.15. The molecule has 7 heteroatoms. The van der Waals surface area contributed by atoms with Gasteiger partial charge in [0.25, 0.3) is 5.91 Å². The molecule has 27 heavy (non-hydrogen) atoms. The average Bonchev–Trinajstić information content (AvgIpc) is 2.69. The highest BCUT2D eigenvalue weighted by atomic mass is 35.5. The molecule has 0 spiro atoms. The molecule has 0 aliphatic rings. The lowest BCUT2D eigenvalue weighted by Gasteiger charge is -2.09. The summed E-state index contributed by atoms with van der Waals surface area (Å²) in [6.45, 7) is 0. The van der Waals surface area contributed by atoms with E-state index in [2.05, 4.69) is 15.6 Å². The van der Waals surface area contributed by atoms with Gasteiger partial charge in [0, 0.05) is 17.6 Å². The topological polar surface area (TPSA) is 72.5 Å². The predicted molar refractivity (Wildman–Crippen MR) is 106 cm³/mol. The molecule has 0 bridgehead atoms. The normalized spacial score (nSPS) is 10.2. The SMILES string of the molecule is COc1ccc(NC(=O)c2ccc(Nc3ccc(OC)c(Cl)c3)nc2)cc1. The molecule has 1 amide bonds. The van der Waals surface area contributed by atoms with Crippen LogP contribution in [0.2, 0.25) is 5.02 Å². The predicted octanol–water partition coefficient (Wildman–Crippen LogP) is 4.75. The fraction of sp³-hybridized carbons (Fsp3) is 0.100. The van der Waals surface area contributed by atoms with Crippen LogP contribution in [-0.4, -0.2) is 25.1 Å².